The van der Waals surface area contributed by atoms with Crippen LogP contribution in [0.15, 0.2) is 35.5 Å². The standard InChI is InChI=1S/C13H13N5S/c1-19-13-17-11(15)6-12(18-13)16-8-10-4-2-9(7-14)3-5-10/h2-6H,8H2,1H3,(H3,15,16,17,18). The Morgan fingerprint density at radius 1 is 1.32 bits per heavy atom. The van der Waals surface area contributed by atoms with E-state index >= 15 is 0 Å². The smallest absolute Gasteiger partial charge is 0.191 e. The molecule has 3 N–H and O–H groups in total. The van der Waals surface area contributed by atoms with Crippen molar-refractivity contribution >= 4 is 23.4 Å². The van der Waals surface area contributed by atoms with Crippen LogP contribution >= 0.6 is 11.8 Å². The first kappa shape index (κ1) is 13.2. The number of hydrogen-bond acceptors (Lipinski definition) is 6. The summed E-state index contributed by atoms with van der Waals surface area (Å²) < 4.78 is 0. The Morgan fingerprint density at radius 3 is 2.68 bits per heavy atom. The van der Waals surface area contributed by atoms with E-state index < -0.39 is 0 Å². The van der Waals surface area contributed by atoms with Gasteiger partial charge in [0.05, 0.1) is 11.6 Å². The fourth-order valence-electron chi connectivity index (χ4n) is 1.51. The van der Waals surface area contributed by atoms with Crippen molar-refractivity contribution in [2.24, 2.45) is 0 Å². The highest BCUT2D eigenvalue weighted by Gasteiger charge is 2.01. The molecule has 0 aliphatic carbocycles. The lowest BCUT2D eigenvalue weighted by atomic mass is 10.1. The zero-order valence-electron chi connectivity index (χ0n) is 10.4. The van der Waals surface area contributed by atoms with Crippen molar-refractivity contribution in [2.45, 2.75) is 11.7 Å². The van der Waals surface area contributed by atoms with Crippen molar-refractivity contribution in [1.82, 2.24) is 9.97 Å². The van der Waals surface area contributed by atoms with E-state index in [-0.39, 0.29) is 0 Å². The Morgan fingerprint density at radius 2 is 2.05 bits per heavy atom. The summed E-state index contributed by atoms with van der Waals surface area (Å²) in [6.45, 7) is 0.621. The average molecular weight is 271 g/mol. The number of nitrogens with two attached hydrogens (primary N) is 1. The molecule has 1 aromatic heterocycles. The highest BCUT2D eigenvalue weighted by Crippen LogP contribution is 2.16. The molecular formula is C13H13N5S. The Labute approximate surface area is 115 Å². The number of hydrogen-bond donors (Lipinski definition) is 2. The maximum Gasteiger partial charge on any atom is 0.191 e. The van der Waals surface area contributed by atoms with Gasteiger partial charge in [0, 0.05) is 12.6 Å². The normalized spacial score (nSPS) is 9.89. The third kappa shape index (κ3) is 3.60. The molecule has 5 nitrogen and oxygen atoms in total. The number of nitrogens with one attached hydrogen (secondary N) is 1. The lowest BCUT2D eigenvalue weighted by molar-refractivity contribution is 0.964. The van der Waals surface area contributed by atoms with E-state index in [1.807, 2.05) is 18.4 Å². The van der Waals surface area contributed by atoms with Crippen LogP contribution in [0.5, 0.6) is 0 Å². The van der Waals surface area contributed by atoms with Gasteiger partial charge >= 0.3 is 0 Å². The maximum atomic E-state index is 8.73. The largest absolute Gasteiger partial charge is 0.383 e. The molecule has 0 saturated carbocycles. The van der Waals surface area contributed by atoms with Crippen molar-refractivity contribution in [2.75, 3.05) is 17.3 Å². The van der Waals surface area contributed by atoms with Crippen LogP contribution in [0.3, 0.4) is 0 Å². The van der Waals surface area contributed by atoms with Gasteiger partial charge in [0.1, 0.15) is 11.6 Å². The van der Waals surface area contributed by atoms with Gasteiger partial charge in [-0.1, -0.05) is 23.9 Å². The van der Waals surface area contributed by atoms with E-state index in [9.17, 15) is 0 Å². The summed E-state index contributed by atoms with van der Waals surface area (Å²) >= 11 is 1.45. The first-order chi connectivity index (χ1) is 9.21. The SMILES string of the molecule is CSc1nc(N)cc(NCc2ccc(C#N)cc2)n1. The van der Waals surface area contributed by atoms with Gasteiger partial charge in [-0.05, 0) is 24.0 Å². The molecule has 0 amide bonds. The van der Waals surface area contributed by atoms with Gasteiger partial charge in [0.2, 0.25) is 0 Å². The lowest BCUT2D eigenvalue weighted by Gasteiger charge is -2.07. The van der Waals surface area contributed by atoms with Crippen LogP contribution in [-0.4, -0.2) is 16.2 Å². The third-order valence-electron chi connectivity index (χ3n) is 2.46. The van der Waals surface area contributed by atoms with Crippen molar-refractivity contribution in [1.29, 1.82) is 5.26 Å². The fraction of sp³-hybridized carbons (Fsp3) is 0.154. The predicted octanol–water partition coefficient (Wildman–Crippen LogP) is 2.26. The Bertz CT molecular complexity index is 603. The molecule has 0 radical (unpaired) electrons. The molecule has 19 heavy (non-hydrogen) atoms. The molecule has 0 fully saturated rings. The van der Waals surface area contributed by atoms with Crippen LogP contribution in [0, 0.1) is 11.3 Å². The third-order valence-corrected chi connectivity index (χ3v) is 3.01. The van der Waals surface area contributed by atoms with Gasteiger partial charge < -0.3 is 11.1 Å². The van der Waals surface area contributed by atoms with E-state index in [0.29, 0.717) is 28.9 Å². The molecule has 1 aromatic carbocycles. The zero-order valence-corrected chi connectivity index (χ0v) is 11.2. The molecule has 2 aromatic rings. The summed E-state index contributed by atoms with van der Waals surface area (Å²) in [7, 11) is 0. The summed E-state index contributed by atoms with van der Waals surface area (Å²) in [6, 6.07) is 11.2. The Hall–Kier alpha value is -2.26. The summed E-state index contributed by atoms with van der Waals surface area (Å²) in [5.74, 6) is 1.14. The van der Waals surface area contributed by atoms with Crippen molar-refractivity contribution < 1.29 is 0 Å². The minimum atomic E-state index is 0.446. The second kappa shape index (κ2) is 6.07. The lowest BCUT2D eigenvalue weighted by Crippen LogP contribution is -2.04. The van der Waals surface area contributed by atoms with E-state index in [1.165, 1.54) is 11.8 Å². The molecule has 2 rings (SSSR count). The predicted molar refractivity (Wildman–Crippen MR) is 76.7 cm³/mol. The van der Waals surface area contributed by atoms with Crippen molar-refractivity contribution in [3.63, 3.8) is 0 Å². The average Bonchev–Trinajstić information content (AvgIpc) is 2.45. The highest BCUT2D eigenvalue weighted by molar-refractivity contribution is 7.98. The second-order valence-electron chi connectivity index (χ2n) is 3.83. The first-order valence-electron chi connectivity index (χ1n) is 5.62. The topological polar surface area (TPSA) is 87.6 Å². The van der Waals surface area contributed by atoms with E-state index in [4.69, 9.17) is 11.0 Å². The van der Waals surface area contributed by atoms with Crippen LogP contribution in [-0.2, 0) is 6.54 Å². The van der Waals surface area contributed by atoms with Gasteiger partial charge in [-0.15, -0.1) is 0 Å². The molecule has 0 spiro atoms. The van der Waals surface area contributed by atoms with Gasteiger partial charge in [-0.25, -0.2) is 9.97 Å². The summed E-state index contributed by atoms with van der Waals surface area (Å²) in [5.41, 5.74) is 7.43. The van der Waals surface area contributed by atoms with Gasteiger partial charge in [-0.3, -0.25) is 0 Å². The summed E-state index contributed by atoms with van der Waals surface area (Å²) in [5, 5.41) is 12.6. The van der Waals surface area contributed by atoms with E-state index in [2.05, 4.69) is 21.4 Å². The van der Waals surface area contributed by atoms with Crippen LogP contribution < -0.4 is 11.1 Å². The minimum absolute atomic E-state index is 0.446. The molecule has 96 valence electrons. The number of rotatable bonds is 4. The molecule has 6 heteroatoms. The fourth-order valence-corrected chi connectivity index (χ4v) is 1.90. The number of thioether (sulfide) groups is 1. The number of benzene rings is 1. The zero-order chi connectivity index (χ0) is 13.7. The first-order valence-corrected chi connectivity index (χ1v) is 6.85. The number of aromatic nitrogens is 2. The number of anilines is 2. The second-order valence-corrected chi connectivity index (χ2v) is 4.60. The monoisotopic (exact) mass is 271 g/mol. The van der Waals surface area contributed by atoms with Crippen molar-refractivity contribution in [3.05, 3.63) is 41.5 Å². The van der Waals surface area contributed by atoms with E-state index in [0.717, 1.165) is 5.56 Å². The van der Waals surface area contributed by atoms with Gasteiger partial charge in [-0.2, -0.15) is 5.26 Å². The van der Waals surface area contributed by atoms with Crippen LogP contribution in [0.1, 0.15) is 11.1 Å². The molecule has 0 aliphatic heterocycles. The quantitative estimate of drug-likeness (QED) is 0.655. The van der Waals surface area contributed by atoms with E-state index in [1.54, 1.807) is 18.2 Å². The molecule has 0 unspecified atom stereocenters. The Balaban J connectivity index is 2.05. The molecule has 0 saturated heterocycles. The summed E-state index contributed by atoms with van der Waals surface area (Å²) in [4.78, 5) is 8.39. The van der Waals surface area contributed by atoms with Crippen LogP contribution in [0.4, 0.5) is 11.6 Å². The highest BCUT2D eigenvalue weighted by atomic mass is 32.2. The molecule has 0 bridgehead atoms. The Kier molecular flexibility index (Phi) is 4.21. The van der Waals surface area contributed by atoms with Crippen molar-refractivity contribution in [3.8, 4) is 6.07 Å². The van der Waals surface area contributed by atoms with Gasteiger partial charge in [0.25, 0.3) is 0 Å². The summed E-state index contributed by atoms with van der Waals surface area (Å²) in [6.07, 6.45) is 1.90. The minimum Gasteiger partial charge on any atom is -0.383 e. The van der Waals surface area contributed by atoms with Crippen LogP contribution in [0.25, 0.3) is 0 Å². The maximum absolute atomic E-state index is 8.73. The molecule has 0 aliphatic rings. The molecule has 0 atom stereocenters. The van der Waals surface area contributed by atoms with Crippen LogP contribution in [0.2, 0.25) is 0 Å². The number of nitriles is 1. The number of nitrogens with zero attached hydrogens (tertiary/aromatic N) is 3. The molecular weight excluding hydrogens is 258 g/mol. The number of nitrogen functional groups attached to an aromatic ring is 1. The van der Waals surface area contributed by atoms with Gasteiger partial charge in [0.15, 0.2) is 5.16 Å². The molecule has 1 heterocycles.